The highest BCUT2D eigenvalue weighted by atomic mass is 16.3. The van der Waals surface area contributed by atoms with Crippen LogP contribution in [0, 0.1) is 17.3 Å². The van der Waals surface area contributed by atoms with Gasteiger partial charge in [0.25, 0.3) is 0 Å². The number of allylic oxidation sites excluding steroid dienone is 6. The van der Waals surface area contributed by atoms with E-state index in [1.807, 2.05) is 0 Å². The minimum Gasteiger partial charge on any atom is -0.393 e. The van der Waals surface area contributed by atoms with Gasteiger partial charge in [-0.05, 0) is 67.8 Å². The van der Waals surface area contributed by atoms with Crippen LogP contribution in [0.25, 0.3) is 0 Å². The highest BCUT2D eigenvalue weighted by Gasteiger charge is 2.45. The Balaban J connectivity index is 1.82. The zero-order valence-corrected chi connectivity index (χ0v) is 15.1. The number of hydrogen-bond donors (Lipinski definition) is 1. The van der Waals surface area contributed by atoms with Gasteiger partial charge >= 0.3 is 0 Å². The summed E-state index contributed by atoms with van der Waals surface area (Å²) < 4.78 is 0. The Labute approximate surface area is 141 Å². The lowest BCUT2D eigenvalue weighted by Gasteiger charge is -2.42. The second-order valence-electron chi connectivity index (χ2n) is 8.31. The Hall–Kier alpha value is -1.08. The molecule has 0 heterocycles. The van der Waals surface area contributed by atoms with Crippen molar-refractivity contribution in [3.8, 4) is 0 Å². The lowest BCUT2D eigenvalue weighted by molar-refractivity contribution is 0.158. The molecule has 0 saturated heterocycles. The van der Waals surface area contributed by atoms with Gasteiger partial charge in [0.15, 0.2) is 0 Å². The first-order valence-electron chi connectivity index (χ1n) is 9.38. The normalized spacial score (nSPS) is 38.3. The number of aliphatic hydroxyl groups excluding tert-OH is 1. The average molecular weight is 312 g/mol. The SMILES string of the molecule is C=C1CCC(O)C/C1=C/C=C1\CCCC2(C)C(C(C)C)=CCC12. The Kier molecular flexibility index (Phi) is 4.69. The molecule has 126 valence electrons. The van der Waals surface area contributed by atoms with Gasteiger partial charge in [-0.2, -0.15) is 0 Å². The molecular formula is C22H32O. The van der Waals surface area contributed by atoms with Crippen molar-refractivity contribution in [2.75, 3.05) is 0 Å². The van der Waals surface area contributed by atoms with E-state index in [1.54, 1.807) is 11.1 Å². The van der Waals surface area contributed by atoms with Gasteiger partial charge in [0.1, 0.15) is 0 Å². The largest absolute Gasteiger partial charge is 0.393 e. The summed E-state index contributed by atoms with van der Waals surface area (Å²) >= 11 is 0. The molecule has 2 saturated carbocycles. The molecule has 0 bridgehead atoms. The van der Waals surface area contributed by atoms with Gasteiger partial charge in [0, 0.05) is 0 Å². The van der Waals surface area contributed by atoms with E-state index in [2.05, 4.69) is 45.6 Å². The van der Waals surface area contributed by atoms with Crippen molar-refractivity contribution in [3.63, 3.8) is 0 Å². The lowest BCUT2D eigenvalue weighted by Crippen LogP contribution is -2.32. The molecule has 3 unspecified atom stereocenters. The maximum Gasteiger partial charge on any atom is 0.0583 e. The minimum absolute atomic E-state index is 0.178. The highest BCUT2D eigenvalue weighted by molar-refractivity contribution is 5.38. The fourth-order valence-corrected chi connectivity index (χ4v) is 5.14. The fraction of sp³-hybridized carbons (Fsp3) is 0.636. The highest BCUT2D eigenvalue weighted by Crippen LogP contribution is 2.56. The summed E-state index contributed by atoms with van der Waals surface area (Å²) in [4.78, 5) is 0. The van der Waals surface area contributed by atoms with E-state index in [4.69, 9.17) is 0 Å². The molecule has 3 aliphatic rings. The summed E-state index contributed by atoms with van der Waals surface area (Å²) in [6.07, 6.45) is 14.6. The first-order chi connectivity index (χ1) is 10.9. The molecule has 0 aromatic heterocycles. The smallest absolute Gasteiger partial charge is 0.0583 e. The van der Waals surface area contributed by atoms with E-state index in [1.165, 1.54) is 36.8 Å². The topological polar surface area (TPSA) is 20.2 Å². The van der Waals surface area contributed by atoms with Gasteiger partial charge in [-0.3, -0.25) is 0 Å². The van der Waals surface area contributed by atoms with Crippen LogP contribution in [-0.4, -0.2) is 11.2 Å². The number of aliphatic hydroxyl groups is 1. The Morgan fingerprint density at radius 3 is 2.83 bits per heavy atom. The van der Waals surface area contributed by atoms with Crippen LogP contribution in [-0.2, 0) is 0 Å². The lowest BCUT2D eigenvalue weighted by atomic mass is 9.62. The van der Waals surface area contributed by atoms with Crippen molar-refractivity contribution < 1.29 is 5.11 Å². The summed E-state index contributed by atoms with van der Waals surface area (Å²) in [7, 11) is 0. The third kappa shape index (κ3) is 3.13. The summed E-state index contributed by atoms with van der Waals surface area (Å²) in [5, 5.41) is 9.91. The molecule has 1 nitrogen and oxygen atoms in total. The van der Waals surface area contributed by atoms with E-state index in [-0.39, 0.29) is 6.10 Å². The van der Waals surface area contributed by atoms with Crippen molar-refractivity contribution in [1.82, 2.24) is 0 Å². The molecule has 1 N–H and O–H groups in total. The molecule has 2 fully saturated rings. The van der Waals surface area contributed by atoms with Crippen LogP contribution in [0.2, 0.25) is 0 Å². The van der Waals surface area contributed by atoms with E-state index in [0.717, 1.165) is 19.3 Å². The van der Waals surface area contributed by atoms with Gasteiger partial charge in [0.2, 0.25) is 0 Å². The monoisotopic (exact) mass is 312 g/mol. The van der Waals surface area contributed by atoms with Gasteiger partial charge in [0.05, 0.1) is 6.10 Å². The predicted octanol–water partition coefficient (Wildman–Crippen LogP) is 5.73. The molecule has 3 rings (SSSR count). The van der Waals surface area contributed by atoms with E-state index >= 15 is 0 Å². The zero-order chi connectivity index (χ0) is 16.6. The van der Waals surface area contributed by atoms with Crippen molar-refractivity contribution >= 4 is 0 Å². The third-order valence-corrected chi connectivity index (χ3v) is 6.42. The number of hydrogen-bond acceptors (Lipinski definition) is 1. The van der Waals surface area contributed by atoms with E-state index < -0.39 is 0 Å². The van der Waals surface area contributed by atoms with Crippen LogP contribution in [0.1, 0.15) is 65.7 Å². The van der Waals surface area contributed by atoms with Crippen LogP contribution >= 0.6 is 0 Å². The van der Waals surface area contributed by atoms with Crippen molar-refractivity contribution in [3.05, 3.63) is 47.1 Å². The maximum absolute atomic E-state index is 9.91. The zero-order valence-electron chi connectivity index (χ0n) is 15.1. The van der Waals surface area contributed by atoms with Gasteiger partial charge in [-0.25, -0.2) is 0 Å². The summed E-state index contributed by atoms with van der Waals surface area (Å²) in [6, 6.07) is 0. The van der Waals surface area contributed by atoms with Gasteiger partial charge in [-0.15, -0.1) is 0 Å². The number of rotatable bonds is 2. The fourth-order valence-electron chi connectivity index (χ4n) is 5.14. The van der Waals surface area contributed by atoms with Crippen molar-refractivity contribution in [2.24, 2.45) is 17.3 Å². The first kappa shape index (κ1) is 16.8. The van der Waals surface area contributed by atoms with Gasteiger partial charge < -0.3 is 5.11 Å². The Morgan fingerprint density at radius 2 is 2.09 bits per heavy atom. The summed E-state index contributed by atoms with van der Waals surface area (Å²) in [5.74, 6) is 1.35. The molecular weight excluding hydrogens is 280 g/mol. The molecule has 1 heteroatoms. The Bertz CT molecular complexity index is 575. The molecule has 0 radical (unpaired) electrons. The van der Waals surface area contributed by atoms with Crippen LogP contribution in [0.5, 0.6) is 0 Å². The average Bonchev–Trinajstić information content (AvgIpc) is 2.86. The predicted molar refractivity (Wildman–Crippen MR) is 98.1 cm³/mol. The molecule has 3 aliphatic carbocycles. The molecule has 23 heavy (non-hydrogen) atoms. The standard InChI is InChI=1S/C22H32O/c1-15(2)20-11-12-21-17(6-5-13-22(20,21)4)8-9-18-14-19(23)10-7-16(18)3/h8-9,11,15,19,21,23H,3,5-7,10,12-14H2,1-2,4H3/b17-8+,18-9-. The van der Waals surface area contributed by atoms with Gasteiger partial charge in [-0.1, -0.05) is 62.3 Å². The second kappa shape index (κ2) is 6.43. The van der Waals surface area contributed by atoms with Crippen LogP contribution < -0.4 is 0 Å². The quantitative estimate of drug-likeness (QED) is 0.645. The van der Waals surface area contributed by atoms with Crippen molar-refractivity contribution in [1.29, 1.82) is 0 Å². The van der Waals surface area contributed by atoms with Crippen molar-refractivity contribution in [2.45, 2.75) is 71.8 Å². The van der Waals surface area contributed by atoms with E-state index in [9.17, 15) is 5.11 Å². The number of fused-ring (bicyclic) bond motifs is 1. The third-order valence-electron chi connectivity index (χ3n) is 6.42. The van der Waals surface area contributed by atoms with E-state index in [0.29, 0.717) is 17.3 Å². The molecule has 0 aliphatic heterocycles. The van der Waals surface area contributed by atoms with Crippen LogP contribution in [0.4, 0.5) is 0 Å². The molecule has 0 amide bonds. The minimum atomic E-state index is -0.178. The molecule has 0 spiro atoms. The van der Waals surface area contributed by atoms with Crippen LogP contribution in [0.3, 0.4) is 0 Å². The second-order valence-corrected chi connectivity index (χ2v) is 8.31. The first-order valence-corrected chi connectivity index (χ1v) is 9.38. The molecule has 0 aromatic carbocycles. The van der Waals surface area contributed by atoms with Crippen LogP contribution in [0.15, 0.2) is 47.1 Å². The molecule has 3 atom stereocenters. The molecule has 0 aromatic rings. The Morgan fingerprint density at radius 1 is 1.30 bits per heavy atom. The summed E-state index contributed by atoms with van der Waals surface area (Å²) in [5.41, 5.74) is 6.15. The maximum atomic E-state index is 9.91. The summed E-state index contributed by atoms with van der Waals surface area (Å²) in [6.45, 7) is 11.4.